The predicted octanol–water partition coefficient (Wildman–Crippen LogP) is 3.74. The fraction of sp³-hybridized carbons (Fsp3) is 0.167. The van der Waals surface area contributed by atoms with Gasteiger partial charge in [-0.3, -0.25) is 4.40 Å². The lowest BCUT2D eigenvalue weighted by molar-refractivity contribution is 0.0600. The minimum Gasteiger partial charge on any atom is -0.493 e. The van der Waals surface area contributed by atoms with Crippen LogP contribution in [0, 0.1) is 17.1 Å². The summed E-state index contributed by atoms with van der Waals surface area (Å²) < 4.78 is 26.5. The number of fused-ring (bicyclic) bond motifs is 2. The molecule has 33 heavy (non-hydrogen) atoms. The summed E-state index contributed by atoms with van der Waals surface area (Å²) in [5.41, 5.74) is 3.98. The number of anilines is 1. The number of halogens is 1. The highest BCUT2D eigenvalue weighted by atomic mass is 19.1. The first-order valence-corrected chi connectivity index (χ1v) is 10.2. The number of ether oxygens (including phenoxy) is 2. The fourth-order valence-corrected chi connectivity index (χ4v) is 3.94. The van der Waals surface area contributed by atoms with E-state index in [9.17, 15) is 14.4 Å². The van der Waals surface area contributed by atoms with Gasteiger partial charge < -0.3 is 14.8 Å². The van der Waals surface area contributed by atoms with Crippen molar-refractivity contribution in [3.63, 3.8) is 0 Å². The summed E-state index contributed by atoms with van der Waals surface area (Å²) in [6, 6.07) is 11.9. The Hall–Kier alpha value is -4.45. The average molecular weight is 443 g/mol. The molecule has 0 spiro atoms. The number of carbonyl (C=O) groups excluding carboxylic acids is 1. The van der Waals surface area contributed by atoms with E-state index in [-0.39, 0.29) is 18.1 Å². The van der Waals surface area contributed by atoms with E-state index >= 15 is 0 Å². The number of nitrogens with one attached hydrogen (secondary N) is 1. The molecule has 1 aliphatic heterocycles. The Balaban J connectivity index is 1.51. The van der Waals surface area contributed by atoms with E-state index in [0.29, 0.717) is 47.1 Å². The van der Waals surface area contributed by atoms with Crippen molar-refractivity contribution in [2.45, 2.75) is 13.0 Å². The van der Waals surface area contributed by atoms with Gasteiger partial charge in [0.05, 0.1) is 25.5 Å². The highest BCUT2D eigenvalue weighted by Crippen LogP contribution is 2.31. The van der Waals surface area contributed by atoms with Crippen molar-refractivity contribution in [3.8, 4) is 22.9 Å². The monoisotopic (exact) mass is 443 g/mol. The molecule has 0 fully saturated rings. The summed E-state index contributed by atoms with van der Waals surface area (Å²) in [5, 5.41) is 12.6. The second kappa shape index (κ2) is 8.24. The van der Waals surface area contributed by atoms with Crippen LogP contribution >= 0.6 is 0 Å². The first-order valence-electron chi connectivity index (χ1n) is 10.2. The molecule has 4 aromatic rings. The number of hydrogen-bond donors (Lipinski definition) is 1. The molecular weight excluding hydrogens is 425 g/mol. The summed E-state index contributed by atoms with van der Waals surface area (Å²) in [7, 11) is 1.33. The number of carbonyl (C=O) groups is 1. The Morgan fingerprint density at radius 2 is 2.12 bits per heavy atom. The number of nitrogens with zero attached hydrogens (tertiary/aromatic N) is 4. The van der Waals surface area contributed by atoms with Crippen LogP contribution in [0.5, 0.6) is 5.75 Å². The van der Waals surface area contributed by atoms with Crippen molar-refractivity contribution in [2.24, 2.45) is 0 Å². The molecule has 0 aliphatic carbocycles. The number of aromatic nitrogens is 3. The molecule has 2 aromatic carbocycles. The highest BCUT2D eigenvalue weighted by Gasteiger charge is 2.20. The van der Waals surface area contributed by atoms with E-state index in [2.05, 4.69) is 15.3 Å². The maximum atomic E-state index is 14.5. The average Bonchev–Trinajstić information content (AvgIpc) is 3.50. The minimum atomic E-state index is -0.429. The molecular formula is C24H18FN5O3. The number of benzene rings is 2. The summed E-state index contributed by atoms with van der Waals surface area (Å²) in [5.74, 6) is 0.381. The third-order valence-electron chi connectivity index (χ3n) is 5.59. The molecule has 0 saturated carbocycles. The first kappa shape index (κ1) is 20.5. The quantitative estimate of drug-likeness (QED) is 0.469. The first-order chi connectivity index (χ1) is 16.1. The van der Waals surface area contributed by atoms with E-state index < -0.39 is 5.97 Å². The third-order valence-corrected chi connectivity index (χ3v) is 5.59. The van der Waals surface area contributed by atoms with Gasteiger partial charge in [-0.1, -0.05) is 12.1 Å². The van der Waals surface area contributed by atoms with Crippen molar-refractivity contribution in [2.75, 3.05) is 19.0 Å². The third kappa shape index (κ3) is 3.61. The molecule has 9 heteroatoms. The molecule has 8 nitrogen and oxygen atoms in total. The molecule has 5 rings (SSSR count). The summed E-state index contributed by atoms with van der Waals surface area (Å²) in [6.07, 6.45) is 3.86. The normalized spacial score (nSPS) is 12.2. The molecule has 0 radical (unpaired) electrons. The molecule has 0 atom stereocenters. The maximum absolute atomic E-state index is 14.5. The smallest absolute Gasteiger partial charge is 0.337 e. The van der Waals surface area contributed by atoms with Crippen LogP contribution in [-0.2, 0) is 17.7 Å². The number of imidazole rings is 1. The number of nitriles is 1. The fourth-order valence-electron chi connectivity index (χ4n) is 3.94. The Morgan fingerprint density at radius 1 is 1.30 bits per heavy atom. The summed E-state index contributed by atoms with van der Waals surface area (Å²) in [6.45, 7) is 0.735. The van der Waals surface area contributed by atoms with E-state index in [0.717, 1.165) is 11.1 Å². The van der Waals surface area contributed by atoms with Gasteiger partial charge in [0.2, 0.25) is 5.95 Å². The molecule has 3 heterocycles. The van der Waals surface area contributed by atoms with Crippen molar-refractivity contribution >= 4 is 17.6 Å². The molecule has 0 amide bonds. The topological polar surface area (TPSA) is 102 Å². The number of methoxy groups -OCH3 is 1. The summed E-state index contributed by atoms with van der Waals surface area (Å²) in [4.78, 5) is 20.6. The van der Waals surface area contributed by atoms with Crippen LogP contribution in [0.2, 0.25) is 0 Å². The lowest BCUT2D eigenvalue weighted by atomic mass is 10.0. The predicted molar refractivity (Wildman–Crippen MR) is 117 cm³/mol. The largest absolute Gasteiger partial charge is 0.493 e. The molecule has 1 aliphatic rings. The number of rotatable bonds is 5. The van der Waals surface area contributed by atoms with Crippen molar-refractivity contribution in [1.82, 2.24) is 14.4 Å². The van der Waals surface area contributed by atoms with Crippen LogP contribution in [-0.4, -0.2) is 34.1 Å². The van der Waals surface area contributed by atoms with Crippen molar-refractivity contribution in [3.05, 3.63) is 77.0 Å². The van der Waals surface area contributed by atoms with Gasteiger partial charge in [-0.2, -0.15) is 5.26 Å². The van der Waals surface area contributed by atoms with Gasteiger partial charge in [0.1, 0.15) is 17.6 Å². The van der Waals surface area contributed by atoms with E-state index in [1.165, 1.54) is 13.2 Å². The SMILES string of the molecule is COC(=O)c1ccc(-c2cnc(NCc3c(F)ccc4c3CCO4)n3cc(C#N)nc23)cc1. The number of esters is 1. The second-order valence-electron chi connectivity index (χ2n) is 7.45. The van der Waals surface area contributed by atoms with Crippen LogP contribution in [0.1, 0.15) is 27.2 Å². The van der Waals surface area contributed by atoms with Crippen LogP contribution in [0.4, 0.5) is 10.3 Å². The summed E-state index contributed by atoms with van der Waals surface area (Å²) >= 11 is 0. The lowest BCUT2D eigenvalue weighted by Gasteiger charge is -2.13. The Morgan fingerprint density at radius 3 is 2.88 bits per heavy atom. The zero-order chi connectivity index (χ0) is 22.9. The molecule has 2 aromatic heterocycles. The molecule has 0 unspecified atom stereocenters. The van der Waals surface area contributed by atoms with Crippen LogP contribution in [0.25, 0.3) is 16.8 Å². The zero-order valence-corrected chi connectivity index (χ0v) is 17.6. The van der Waals surface area contributed by atoms with Gasteiger partial charge >= 0.3 is 5.97 Å². The van der Waals surface area contributed by atoms with Gasteiger partial charge in [0, 0.05) is 35.9 Å². The Kier molecular flexibility index (Phi) is 5.11. The molecule has 0 bridgehead atoms. The lowest BCUT2D eigenvalue weighted by Crippen LogP contribution is -2.09. The number of hydrogen-bond acceptors (Lipinski definition) is 7. The zero-order valence-electron chi connectivity index (χ0n) is 17.6. The minimum absolute atomic E-state index is 0.202. The highest BCUT2D eigenvalue weighted by molar-refractivity contribution is 5.90. The van der Waals surface area contributed by atoms with Gasteiger partial charge in [-0.15, -0.1) is 0 Å². The standard InChI is InChI=1S/C24H18FN5O3/c1-32-23(31)15-4-2-14(3-5-15)18-11-27-24(30-13-16(10-26)29-22(18)30)28-12-19-17-8-9-33-21(17)7-6-20(19)25/h2-7,11,13H,8-9,12H2,1H3,(H,27,28). The maximum Gasteiger partial charge on any atom is 0.337 e. The van der Waals surface area contributed by atoms with Crippen LogP contribution in [0.3, 0.4) is 0 Å². The van der Waals surface area contributed by atoms with Crippen molar-refractivity contribution < 1.29 is 18.7 Å². The Labute approximate surface area is 188 Å². The molecule has 1 N–H and O–H groups in total. The van der Waals surface area contributed by atoms with Crippen LogP contribution in [0.15, 0.2) is 48.8 Å². The molecule has 0 saturated heterocycles. The van der Waals surface area contributed by atoms with E-state index in [4.69, 9.17) is 9.47 Å². The van der Waals surface area contributed by atoms with Gasteiger partial charge in [-0.05, 0) is 29.8 Å². The van der Waals surface area contributed by atoms with Crippen LogP contribution < -0.4 is 10.1 Å². The van der Waals surface area contributed by atoms with E-state index in [1.54, 1.807) is 47.1 Å². The van der Waals surface area contributed by atoms with Gasteiger partial charge in [-0.25, -0.2) is 19.2 Å². The van der Waals surface area contributed by atoms with Gasteiger partial charge in [0.25, 0.3) is 0 Å². The molecule has 164 valence electrons. The van der Waals surface area contributed by atoms with Gasteiger partial charge in [0.15, 0.2) is 11.3 Å². The Bertz CT molecular complexity index is 1420. The van der Waals surface area contributed by atoms with Crippen molar-refractivity contribution in [1.29, 1.82) is 5.26 Å². The second-order valence-corrected chi connectivity index (χ2v) is 7.45. The van der Waals surface area contributed by atoms with E-state index in [1.807, 2.05) is 6.07 Å².